The van der Waals surface area contributed by atoms with Crippen LogP contribution in [0.5, 0.6) is 0 Å². The predicted molar refractivity (Wildman–Crippen MR) is 85.0 cm³/mol. The van der Waals surface area contributed by atoms with Gasteiger partial charge in [0.1, 0.15) is 5.82 Å². The van der Waals surface area contributed by atoms with Crippen LogP contribution in [-0.4, -0.2) is 36.6 Å². The quantitative estimate of drug-likeness (QED) is 0.918. The smallest absolute Gasteiger partial charge is 0.123 e. The summed E-state index contributed by atoms with van der Waals surface area (Å²) in [5.74, 6) is -0.140. The van der Waals surface area contributed by atoms with Crippen LogP contribution >= 0.6 is 0 Å². The second-order valence-corrected chi connectivity index (χ2v) is 6.77. The standard InChI is InChI=1S/C18H27FN2/c19-17-7-5-16(6-8-17)9-14-21-13-4-12-20-18(15-21)10-2-1-3-11-18/h5-8,20H,1-4,9-15H2. The molecule has 1 saturated heterocycles. The van der Waals surface area contributed by atoms with Gasteiger partial charge in [-0.3, -0.25) is 0 Å². The van der Waals surface area contributed by atoms with E-state index in [-0.39, 0.29) is 5.82 Å². The van der Waals surface area contributed by atoms with E-state index >= 15 is 0 Å². The molecule has 2 aliphatic rings. The van der Waals surface area contributed by atoms with E-state index in [0.29, 0.717) is 5.54 Å². The van der Waals surface area contributed by atoms with Crippen LogP contribution < -0.4 is 5.32 Å². The number of nitrogens with one attached hydrogen (secondary N) is 1. The van der Waals surface area contributed by atoms with Gasteiger partial charge in [-0.25, -0.2) is 4.39 Å². The van der Waals surface area contributed by atoms with Crippen LogP contribution in [0, 0.1) is 5.82 Å². The van der Waals surface area contributed by atoms with E-state index < -0.39 is 0 Å². The Morgan fingerprint density at radius 1 is 1.05 bits per heavy atom. The Kier molecular flexibility index (Phi) is 4.91. The molecule has 0 amide bonds. The highest BCUT2D eigenvalue weighted by Crippen LogP contribution is 2.30. The molecule has 1 spiro atoms. The lowest BCUT2D eigenvalue weighted by molar-refractivity contribution is 0.165. The molecule has 1 aliphatic carbocycles. The zero-order valence-corrected chi connectivity index (χ0v) is 12.9. The molecule has 116 valence electrons. The second-order valence-electron chi connectivity index (χ2n) is 6.77. The Labute approximate surface area is 127 Å². The number of benzene rings is 1. The Morgan fingerprint density at radius 3 is 2.57 bits per heavy atom. The van der Waals surface area contributed by atoms with Crippen molar-refractivity contribution in [3.63, 3.8) is 0 Å². The summed E-state index contributed by atoms with van der Waals surface area (Å²) in [5, 5.41) is 3.84. The summed E-state index contributed by atoms with van der Waals surface area (Å²) in [7, 11) is 0. The van der Waals surface area contributed by atoms with Crippen LogP contribution in [-0.2, 0) is 6.42 Å². The summed E-state index contributed by atoms with van der Waals surface area (Å²) < 4.78 is 13.0. The molecule has 2 nitrogen and oxygen atoms in total. The first-order valence-corrected chi connectivity index (χ1v) is 8.48. The summed E-state index contributed by atoms with van der Waals surface area (Å²) >= 11 is 0. The highest BCUT2D eigenvalue weighted by molar-refractivity contribution is 5.16. The summed E-state index contributed by atoms with van der Waals surface area (Å²) in [6.45, 7) is 4.63. The van der Waals surface area contributed by atoms with Gasteiger partial charge in [-0.15, -0.1) is 0 Å². The van der Waals surface area contributed by atoms with Crippen molar-refractivity contribution in [3.8, 4) is 0 Å². The van der Waals surface area contributed by atoms with Crippen molar-refractivity contribution >= 4 is 0 Å². The Bertz CT molecular complexity index is 437. The minimum Gasteiger partial charge on any atom is -0.310 e. The van der Waals surface area contributed by atoms with Crippen LogP contribution in [0.3, 0.4) is 0 Å². The molecular formula is C18H27FN2. The lowest BCUT2D eigenvalue weighted by atomic mass is 9.81. The molecule has 1 heterocycles. The zero-order chi connectivity index (χ0) is 14.5. The molecule has 2 fully saturated rings. The Hall–Kier alpha value is -0.930. The summed E-state index contributed by atoms with van der Waals surface area (Å²) in [6.07, 6.45) is 9.08. The van der Waals surface area contributed by atoms with Gasteiger partial charge >= 0.3 is 0 Å². The third-order valence-electron chi connectivity index (χ3n) is 5.12. The van der Waals surface area contributed by atoms with Crippen molar-refractivity contribution in [1.82, 2.24) is 10.2 Å². The molecule has 0 unspecified atom stereocenters. The number of rotatable bonds is 3. The van der Waals surface area contributed by atoms with Crippen LogP contribution in [0.25, 0.3) is 0 Å². The van der Waals surface area contributed by atoms with Gasteiger partial charge in [-0.2, -0.15) is 0 Å². The fourth-order valence-electron chi connectivity index (χ4n) is 3.91. The minimum absolute atomic E-state index is 0.140. The third kappa shape index (κ3) is 4.04. The molecule has 1 aromatic carbocycles. The molecule has 0 radical (unpaired) electrons. The van der Waals surface area contributed by atoms with Gasteiger partial charge in [0.25, 0.3) is 0 Å². The Morgan fingerprint density at radius 2 is 1.81 bits per heavy atom. The predicted octanol–water partition coefficient (Wildman–Crippen LogP) is 3.37. The SMILES string of the molecule is Fc1ccc(CCN2CCCNC3(CCCCC3)C2)cc1. The lowest BCUT2D eigenvalue weighted by Crippen LogP contribution is -2.52. The summed E-state index contributed by atoms with van der Waals surface area (Å²) in [4.78, 5) is 2.62. The zero-order valence-electron chi connectivity index (χ0n) is 12.9. The van der Waals surface area contributed by atoms with Gasteiger partial charge in [0, 0.05) is 18.6 Å². The molecular weight excluding hydrogens is 263 g/mol. The molecule has 1 N–H and O–H groups in total. The molecule has 1 aliphatic heterocycles. The van der Waals surface area contributed by atoms with Gasteiger partial charge in [0.05, 0.1) is 0 Å². The fourth-order valence-corrected chi connectivity index (χ4v) is 3.91. The topological polar surface area (TPSA) is 15.3 Å². The first-order valence-electron chi connectivity index (χ1n) is 8.48. The van der Waals surface area contributed by atoms with Crippen molar-refractivity contribution in [1.29, 1.82) is 0 Å². The maximum Gasteiger partial charge on any atom is 0.123 e. The Balaban J connectivity index is 1.57. The van der Waals surface area contributed by atoms with Crippen molar-refractivity contribution in [2.75, 3.05) is 26.2 Å². The monoisotopic (exact) mass is 290 g/mol. The molecule has 1 aromatic rings. The highest BCUT2D eigenvalue weighted by Gasteiger charge is 2.34. The number of halogens is 1. The summed E-state index contributed by atoms with van der Waals surface area (Å²) in [6, 6.07) is 6.98. The average molecular weight is 290 g/mol. The van der Waals surface area contributed by atoms with Crippen molar-refractivity contribution in [3.05, 3.63) is 35.6 Å². The maximum absolute atomic E-state index is 13.0. The molecule has 0 atom stereocenters. The van der Waals surface area contributed by atoms with E-state index in [0.717, 1.165) is 19.5 Å². The lowest BCUT2D eigenvalue weighted by Gasteiger charge is -2.40. The second kappa shape index (κ2) is 6.89. The van der Waals surface area contributed by atoms with Crippen LogP contribution in [0.15, 0.2) is 24.3 Å². The molecule has 0 bridgehead atoms. The largest absolute Gasteiger partial charge is 0.310 e. The van der Waals surface area contributed by atoms with Crippen molar-refractivity contribution in [2.45, 2.75) is 50.5 Å². The molecule has 3 rings (SSSR count). The van der Waals surface area contributed by atoms with Crippen LogP contribution in [0.2, 0.25) is 0 Å². The van der Waals surface area contributed by atoms with E-state index in [4.69, 9.17) is 0 Å². The van der Waals surface area contributed by atoms with E-state index in [2.05, 4.69) is 10.2 Å². The van der Waals surface area contributed by atoms with Gasteiger partial charge in [0.15, 0.2) is 0 Å². The number of hydrogen-bond acceptors (Lipinski definition) is 2. The molecule has 1 saturated carbocycles. The van der Waals surface area contributed by atoms with Crippen LogP contribution in [0.1, 0.15) is 44.1 Å². The van der Waals surface area contributed by atoms with Gasteiger partial charge in [0.2, 0.25) is 0 Å². The molecule has 21 heavy (non-hydrogen) atoms. The first kappa shape index (κ1) is 15.0. The van der Waals surface area contributed by atoms with Gasteiger partial charge in [-0.05, 0) is 56.5 Å². The minimum atomic E-state index is -0.140. The normalized spacial score (nSPS) is 23.1. The van der Waals surface area contributed by atoms with Crippen molar-refractivity contribution in [2.24, 2.45) is 0 Å². The third-order valence-corrected chi connectivity index (χ3v) is 5.12. The van der Waals surface area contributed by atoms with Crippen molar-refractivity contribution < 1.29 is 4.39 Å². The highest BCUT2D eigenvalue weighted by atomic mass is 19.1. The van der Waals surface area contributed by atoms with Gasteiger partial charge in [-0.1, -0.05) is 31.4 Å². The fraction of sp³-hybridized carbons (Fsp3) is 0.667. The van der Waals surface area contributed by atoms with E-state index in [1.807, 2.05) is 12.1 Å². The van der Waals surface area contributed by atoms with E-state index in [9.17, 15) is 4.39 Å². The van der Waals surface area contributed by atoms with E-state index in [1.54, 1.807) is 12.1 Å². The van der Waals surface area contributed by atoms with Gasteiger partial charge < -0.3 is 10.2 Å². The molecule has 0 aromatic heterocycles. The number of nitrogens with zero attached hydrogens (tertiary/aromatic N) is 1. The first-order chi connectivity index (χ1) is 10.3. The summed E-state index contributed by atoms with van der Waals surface area (Å²) in [5.41, 5.74) is 1.61. The molecule has 3 heteroatoms. The van der Waals surface area contributed by atoms with E-state index in [1.165, 1.54) is 57.2 Å². The van der Waals surface area contributed by atoms with Crippen LogP contribution in [0.4, 0.5) is 4.39 Å². The maximum atomic E-state index is 13.0. The number of hydrogen-bond donors (Lipinski definition) is 1. The average Bonchev–Trinajstić information content (AvgIpc) is 2.70.